The van der Waals surface area contributed by atoms with E-state index in [0.29, 0.717) is 25.7 Å². The molecule has 0 radical (unpaired) electrons. The summed E-state index contributed by atoms with van der Waals surface area (Å²) in [5.74, 6) is -0.985. The molecule has 0 aromatic rings. The fourth-order valence-corrected chi connectivity index (χ4v) is 6.76. The summed E-state index contributed by atoms with van der Waals surface area (Å²) in [5.41, 5.74) is 0. The van der Waals surface area contributed by atoms with Crippen LogP contribution in [0.25, 0.3) is 0 Å². The summed E-state index contributed by atoms with van der Waals surface area (Å²) in [6, 6.07) is 0. The second kappa shape index (κ2) is 51.0. The van der Waals surface area contributed by atoms with E-state index in [4.69, 9.17) is 14.2 Å². The molecule has 6 nitrogen and oxygen atoms in total. The second-order valence-electron chi connectivity index (χ2n) is 16.9. The smallest absolute Gasteiger partial charge is 0.306 e. The number of hydrogen-bond acceptors (Lipinski definition) is 6. The van der Waals surface area contributed by atoms with Crippen molar-refractivity contribution in [3.8, 4) is 0 Å². The molecule has 0 bridgehead atoms. The fourth-order valence-electron chi connectivity index (χ4n) is 6.76. The van der Waals surface area contributed by atoms with Gasteiger partial charge in [0.25, 0.3) is 0 Å². The van der Waals surface area contributed by atoms with Gasteiger partial charge in [-0.25, -0.2) is 0 Å². The maximum atomic E-state index is 12.8. The molecular weight excluding hydrogens is 781 g/mol. The van der Waals surface area contributed by atoms with Crippen molar-refractivity contribution in [1.82, 2.24) is 0 Å². The van der Waals surface area contributed by atoms with Gasteiger partial charge in [-0.2, -0.15) is 0 Å². The highest BCUT2D eigenvalue weighted by molar-refractivity contribution is 5.71. The van der Waals surface area contributed by atoms with Crippen LogP contribution in [0.2, 0.25) is 0 Å². The molecule has 0 saturated carbocycles. The minimum atomic E-state index is -0.807. The predicted octanol–water partition coefficient (Wildman–Crippen LogP) is 17.0. The van der Waals surface area contributed by atoms with Gasteiger partial charge >= 0.3 is 17.9 Å². The molecule has 1 unspecified atom stereocenters. The maximum absolute atomic E-state index is 12.8. The fraction of sp³-hybridized carbons (Fsp3) is 0.667. The first-order valence-electron chi connectivity index (χ1n) is 25.8. The van der Waals surface area contributed by atoms with Crippen molar-refractivity contribution in [2.75, 3.05) is 13.2 Å². The number of esters is 3. The Morgan fingerprint density at radius 2 is 0.635 bits per heavy atom. The van der Waals surface area contributed by atoms with E-state index >= 15 is 0 Å². The Morgan fingerprint density at radius 1 is 0.317 bits per heavy atom. The molecule has 0 heterocycles. The molecule has 0 spiro atoms. The third-order valence-corrected chi connectivity index (χ3v) is 10.7. The van der Waals surface area contributed by atoms with Gasteiger partial charge in [0.2, 0.25) is 0 Å². The average Bonchev–Trinajstić information content (AvgIpc) is 3.28. The van der Waals surface area contributed by atoms with Crippen molar-refractivity contribution in [2.45, 2.75) is 232 Å². The summed E-state index contributed by atoms with van der Waals surface area (Å²) in [7, 11) is 0. The van der Waals surface area contributed by atoms with E-state index in [1.807, 2.05) is 30.4 Å². The molecule has 0 aromatic heterocycles. The zero-order chi connectivity index (χ0) is 45.8. The van der Waals surface area contributed by atoms with Gasteiger partial charge in [0.1, 0.15) is 13.2 Å². The first-order valence-corrected chi connectivity index (χ1v) is 25.8. The minimum absolute atomic E-state index is 0.107. The third-order valence-electron chi connectivity index (χ3n) is 10.7. The van der Waals surface area contributed by atoms with Crippen LogP contribution in [0.15, 0.2) is 97.2 Å². The van der Waals surface area contributed by atoms with E-state index in [1.54, 1.807) is 0 Å². The van der Waals surface area contributed by atoms with Gasteiger partial charge in [0, 0.05) is 19.3 Å². The Morgan fingerprint density at radius 3 is 1.10 bits per heavy atom. The standard InChI is InChI=1S/C57H94O6/c1-4-7-10-13-16-19-21-23-25-27-29-31-33-35-38-41-44-47-50-56(59)62-53-54(52-61-55(58)49-46-43-40-37-18-15-12-9-6-3)63-57(60)51-48-45-42-39-36-34-32-30-28-26-24-22-20-17-14-11-8-5-2/h10,13,16,19,21,23,25-32,37,40,54H,4-9,11-12,14-15,17-18,20,22,24,33-36,38-39,41-53H2,1-3H3/b13-10-,19-16-,23-21-,27-25-,28-26-,31-29-,32-30-,40-37-. The Balaban J connectivity index is 4.44. The van der Waals surface area contributed by atoms with Crippen molar-refractivity contribution in [3.05, 3.63) is 97.2 Å². The normalized spacial score (nSPS) is 12.9. The number of allylic oxidation sites excluding steroid dienone is 16. The van der Waals surface area contributed by atoms with Crippen molar-refractivity contribution in [2.24, 2.45) is 0 Å². The first-order chi connectivity index (χ1) is 31.0. The Hall–Kier alpha value is -3.67. The van der Waals surface area contributed by atoms with Gasteiger partial charge in [-0.3, -0.25) is 14.4 Å². The third kappa shape index (κ3) is 49.2. The van der Waals surface area contributed by atoms with Crippen LogP contribution in [0.3, 0.4) is 0 Å². The molecule has 1 atom stereocenters. The van der Waals surface area contributed by atoms with E-state index in [-0.39, 0.29) is 31.1 Å². The van der Waals surface area contributed by atoms with Crippen molar-refractivity contribution >= 4 is 17.9 Å². The average molecular weight is 875 g/mol. The van der Waals surface area contributed by atoms with Gasteiger partial charge in [-0.05, 0) is 83.5 Å². The van der Waals surface area contributed by atoms with E-state index < -0.39 is 6.10 Å². The monoisotopic (exact) mass is 875 g/mol. The van der Waals surface area contributed by atoms with Crippen LogP contribution >= 0.6 is 0 Å². The molecule has 0 aliphatic heterocycles. The molecule has 0 saturated heterocycles. The topological polar surface area (TPSA) is 78.9 Å². The number of ether oxygens (including phenoxy) is 3. The number of unbranched alkanes of at least 4 members (excludes halogenated alkanes) is 23. The number of carbonyl (C=O) groups is 3. The van der Waals surface area contributed by atoms with Crippen LogP contribution < -0.4 is 0 Å². The second-order valence-corrected chi connectivity index (χ2v) is 16.9. The largest absolute Gasteiger partial charge is 0.462 e. The zero-order valence-electron chi connectivity index (χ0n) is 40.8. The highest BCUT2D eigenvalue weighted by atomic mass is 16.6. The van der Waals surface area contributed by atoms with Crippen LogP contribution in [-0.2, 0) is 28.6 Å². The summed E-state index contributed by atoms with van der Waals surface area (Å²) >= 11 is 0. The van der Waals surface area contributed by atoms with E-state index in [2.05, 4.69) is 87.6 Å². The minimum Gasteiger partial charge on any atom is -0.462 e. The summed E-state index contributed by atoms with van der Waals surface area (Å²) in [6.45, 7) is 6.44. The van der Waals surface area contributed by atoms with Crippen molar-refractivity contribution < 1.29 is 28.6 Å². The van der Waals surface area contributed by atoms with Crippen LogP contribution in [-0.4, -0.2) is 37.2 Å². The van der Waals surface area contributed by atoms with E-state index in [1.165, 1.54) is 83.5 Å². The summed E-state index contributed by atoms with van der Waals surface area (Å²) in [6.07, 6.45) is 66.8. The van der Waals surface area contributed by atoms with Gasteiger partial charge < -0.3 is 14.2 Å². The van der Waals surface area contributed by atoms with Crippen LogP contribution in [0, 0.1) is 0 Å². The van der Waals surface area contributed by atoms with Gasteiger partial charge in [-0.1, -0.05) is 221 Å². The highest BCUT2D eigenvalue weighted by Gasteiger charge is 2.19. The molecule has 0 rings (SSSR count). The lowest BCUT2D eigenvalue weighted by Crippen LogP contribution is -2.30. The Kier molecular flexibility index (Phi) is 48.0. The predicted molar refractivity (Wildman–Crippen MR) is 270 cm³/mol. The molecular formula is C57H94O6. The molecule has 6 heteroatoms. The zero-order valence-corrected chi connectivity index (χ0v) is 40.8. The lowest BCUT2D eigenvalue weighted by Gasteiger charge is -2.18. The maximum Gasteiger partial charge on any atom is 0.306 e. The van der Waals surface area contributed by atoms with Gasteiger partial charge in [0.15, 0.2) is 6.10 Å². The van der Waals surface area contributed by atoms with Gasteiger partial charge in [0.05, 0.1) is 0 Å². The quantitative estimate of drug-likeness (QED) is 0.0199. The molecule has 358 valence electrons. The van der Waals surface area contributed by atoms with Crippen LogP contribution in [0.4, 0.5) is 0 Å². The Labute approximate surface area is 387 Å². The lowest BCUT2D eigenvalue weighted by molar-refractivity contribution is -0.167. The summed E-state index contributed by atoms with van der Waals surface area (Å²) < 4.78 is 16.7. The number of hydrogen-bond donors (Lipinski definition) is 0. The van der Waals surface area contributed by atoms with Crippen LogP contribution in [0.1, 0.15) is 226 Å². The summed E-state index contributed by atoms with van der Waals surface area (Å²) in [5, 5.41) is 0. The first kappa shape index (κ1) is 59.3. The molecule has 0 aliphatic carbocycles. The summed E-state index contributed by atoms with van der Waals surface area (Å²) in [4.78, 5) is 37.9. The number of rotatable bonds is 45. The van der Waals surface area contributed by atoms with Gasteiger partial charge in [-0.15, -0.1) is 0 Å². The highest BCUT2D eigenvalue weighted by Crippen LogP contribution is 2.13. The lowest BCUT2D eigenvalue weighted by atomic mass is 10.1. The van der Waals surface area contributed by atoms with E-state index in [9.17, 15) is 14.4 Å². The molecule has 0 fully saturated rings. The van der Waals surface area contributed by atoms with Crippen molar-refractivity contribution in [1.29, 1.82) is 0 Å². The molecule has 0 amide bonds. The number of carbonyl (C=O) groups excluding carboxylic acids is 3. The Bertz CT molecular complexity index is 1280. The van der Waals surface area contributed by atoms with E-state index in [0.717, 1.165) is 96.3 Å². The molecule has 63 heavy (non-hydrogen) atoms. The molecule has 0 aliphatic rings. The molecule has 0 aromatic carbocycles. The van der Waals surface area contributed by atoms with Crippen molar-refractivity contribution in [3.63, 3.8) is 0 Å². The molecule has 0 N–H and O–H groups in total. The van der Waals surface area contributed by atoms with Crippen LogP contribution in [0.5, 0.6) is 0 Å². The SMILES string of the molecule is CCC\C=C/C=C\C=C/C=C\C=C/CCCCCCCC(=O)OCC(COC(=O)CCC/C=C\CCCCCC)OC(=O)CCCCCCC/C=C\C=C/CCCCCCCCC.